The van der Waals surface area contributed by atoms with Gasteiger partial charge in [-0.05, 0) is 31.9 Å². The Labute approximate surface area is 82.2 Å². The van der Waals surface area contributed by atoms with Gasteiger partial charge >= 0.3 is 5.97 Å². The molecule has 0 radical (unpaired) electrons. The van der Waals surface area contributed by atoms with Crippen LogP contribution in [-0.2, 0) is 11.2 Å². The van der Waals surface area contributed by atoms with Crippen molar-refractivity contribution in [2.75, 3.05) is 0 Å². The zero-order valence-corrected chi connectivity index (χ0v) is 8.73. The van der Waals surface area contributed by atoms with Crippen molar-refractivity contribution < 1.29 is 9.90 Å². The first-order valence-electron chi connectivity index (χ1n) is 4.37. The first kappa shape index (κ1) is 10.3. The molecule has 0 saturated carbocycles. The third-order valence-corrected chi connectivity index (χ3v) is 3.10. The fourth-order valence-corrected chi connectivity index (χ4v) is 2.01. The lowest BCUT2D eigenvalue weighted by atomic mass is 10.1. The molecule has 1 N–H and O–H groups in total. The van der Waals surface area contributed by atoms with Crippen LogP contribution >= 0.6 is 11.3 Å². The minimum absolute atomic E-state index is 0.234. The molecule has 0 saturated heterocycles. The zero-order chi connectivity index (χ0) is 9.84. The highest BCUT2D eigenvalue weighted by molar-refractivity contribution is 7.11. The van der Waals surface area contributed by atoms with Crippen molar-refractivity contribution in [2.24, 2.45) is 5.92 Å². The second-order valence-electron chi connectivity index (χ2n) is 3.29. The highest BCUT2D eigenvalue weighted by atomic mass is 32.1. The van der Waals surface area contributed by atoms with Gasteiger partial charge in [-0.25, -0.2) is 0 Å². The Balaban J connectivity index is 2.39. The first-order chi connectivity index (χ1) is 6.09. The Morgan fingerprint density at radius 1 is 1.62 bits per heavy atom. The van der Waals surface area contributed by atoms with E-state index < -0.39 is 5.97 Å². The predicted octanol–water partition coefficient (Wildman–Crippen LogP) is 2.71. The summed E-state index contributed by atoms with van der Waals surface area (Å²) in [7, 11) is 0. The summed E-state index contributed by atoms with van der Waals surface area (Å²) in [5, 5.41) is 8.67. The molecule has 3 heteroatoms. The minimum atomic E-state index is -0.701. The van der Waals surface area contributed by atoms with Crippen molar-refractivity contribution in [3.8, 4) is 0 Å². The number of carboxylic acids is 1. The van der Waals surface area contributed by atoms with E-state index in [1.54, 1.807) is 18.3 Å². The van der Waals surface area contributed by atoms with Crippen molar-refractivity contribution in [1.82, 2.24) is 0 Å². The normalized spacial score (nSPS) is 12.8. The average Bonchev–Trinajstić information content (AvgIpc) is 2.47. The summed E-state index contributed by atoms with van der Waals surface area (Å²) < 4.78 is 0. The quantitative estimate of drug-likeness (QED) is 0.807. The molecule has 1 atom stereocenters. The van der Waals surface area contributed by atoms with E-state index in [9.17, 15) is 4.79 Å². The molecule has 0 aliphatic heterocycles. The fourth-order valence-electron chi connectivity index (χ4n) is 1.10. The number of hydrogen-bond acceptors (Lipinski definition) is 2. The molecule has 0 spiro atoms. The monoisotopic (exact) mass is 198 g/mol. The van der Waals surface area contributed by atoms with Crippen LogP contribution in [0.4, 0.5) is 0 Å². The van der Waals surface area contributed by atoms with Crippen molar-refractivity contribution in [1.29, 1.82) is 0 Å². The van der Waals surface area contributed by atoms with E-state index in [0.717, 1.165) is 12.8 Å². The molecule has 0 aliphatic carbocycles. The third-order valence-electron chi connectivity index (χ3n) is 2.04. The largest absolute Gasteiger partial charge is 0.481 e. The molecular weight excluding hydrogens is 184 g/mol. The summed E-state index contributed by atoms with van der Waals surface area (Å²) in [6.45, 7) is 3.82. The van der Waals surface area contributed by atoms with Gasteiger partial charge in [-0.2, -0.15) is 0 Å². The van der Waals surface area contributed by atoms with Gasteiger partial charge in [-0.15, -0.1) is 11.3 Å². The molecule has 1 unspecified atom stereocenters. The van der Waals surface area contributed by atoms with E-state index in [2.05, 4.69) is 19.1 Å². The standard InChI is InChI=1S/C10H14O2S/c1-7(10(11)12)3-5-9-6-4-8(2)13-9/h4,6-7H,3,5H2,1-2H3,(H,11,12). The smallest absolute Gasteiger partial charge is 0.306 e. The maximum Gasteiger partial charge on any atom is 0.306 e. The molecule has 0 bridgehead atoms. The first-order valence-corrected chi connectivity index (χ1v) is 5.19. The van der Waals surface area contributed by atoms with Gasteiger partial charge in [-0.1, -0.05) is 6.92 Å². The number of hydrogen-bond donors (Lipinski definition) is 1. The summed E-state index contributed by atoms with van der Waals surface area (Å²) in [5.74, 6) is -0.935. The third kappa shape index (κ3) is 3.19. The van der Waals surface area contributed by atoms with Crippen LogP contribution < -0.4 is 0 Å². The molecule has 1 aromatic rings. The number of thiophene rings is 1. The summed E-state index contributed by atoms with van der Waals surface area (Å²) in [6.07, 6.45) is 1.61. The van der Waals surface area contributed by atoms with Crippen LogP contribution in [0.5, 0.6) is 0 Å². The summed E-state index contributed by atoms with van der Waals surface area (Å²) in [4.78, 5) is 13.1. The van der Waals surface area contributed by atoms with Crippen LogP contribution in [0, 0.1) is 12.8 Å². The fraction of sp³-hybridized carbons (Fsp3) is 0.500. The predicted molar refractivity (Wildman–Crippen MR) is 54.2 cm³/mol. The van der Waals surface area contributed by atoms with Gasteiger partial charge < -0.3 is 5.11 Å². The maximum absolute atomic E-state index is 10.5. The second kappa shape index (κ2) is 4.42. The van der Waals surface area contributed by atoms with Crippen LogP contribution in [0.2, 0.25) is 0 Å². The number of carboxylic acid groups (broad SMARTS) is 1. The minimum Gasteiger partial charge on any atom is -0.481 e. The van der Waals surface area contributed by atoms with Crippen LogP contribution in [0.3, 0.4) is 0 Å². The molecule has 1 aromatic heterocycles. The Hall–Kier alpha value is -0.830. The van der Waals surface area contributed by atoms with Crippen LogP contribution in [0.1, 0.15) is 23.1 Å². The lowest BCUT2D eigenvalue weighted by Crippen LogP contribution is -2.09. The highest BCUT2D eigenvalue weighted by Gasteiger charge is 2.10. The number of aryl methyl sites for hydroxylation is 2. The Kier molecular flexibility index (Phi) is 3.48. The molecule has 2 nitrogen and oxygen atoms in total. The highest BCUT2D eigenvalue weighted by Crippen LogP contribution is 2.18. The van der Waals surface area contributed by atoms with Crippen molar-refractivity contribution >= 4 is 17.3 Å². The van der Waals surface area contributed by atoms with Crippen LogP contribution in [0.25, 0.3) is 0 Å². The van der Waals surface area contributed by atoms with Gasteiger partial charge in [0, 0.05) is 9.75 Å². The number of rotatable bonds is 4. The van der Waals surface area contributed by atoms with Crippen molar-refractivity contribution in [2.45, 2.75) is 26.7 Å². The average molecular weight is 198 g/mol. The molecule has 72 valence electrons. The SMILES string of the molecule is Cc1ccc(CCC(C)C(=O)O)s1. The Morgan fingerprint density at radius 3 is 2.77 bits per heavy atom. The topological polar surface area (TPSA) is 37.3 Å². The van der Waals surface area contributed by atoms with E-state index in [0.29, 0.717) is 0 Å². The van der Waals surface area contributed by atoms with E-state index in [1.807, 2.05) is 0 Å². The Morgan fingerprint density at radius 2 is 2.31 bits per heavy atom. The van der Waals surface area contributed by atoms with Gasteiger partial charge in [0.15, 0.2) is 0 Å². The van der Waals surface area contributed by atoms with Gasteiger partial charge in [-0.3, -0.25) is 4.79 Å². The zero-order valence-electron chi connectivity index (χ0n) is 7.91. The molecule has 0 fully saturated rings. The van der Waals surface area contributed by atoms with E-state index >= 15 is 0 Å². The molecule has 1 heterocycles. The molecular formula is C10H14O2S. The van der Waals surface area contributed by atoms with Gasteiger partial charge in [0.1, 0.15) is 0 Å². The molecule has 0 amide bonds. The molecule has 1 rings (SSSR count). The van der Waals surface area contributed by atoms with Gasteiger partial charge in [0.2, 0.25) is 0 Å². The lowest BCUT2D eigenvalue weighted by molar-refractivity contribution is -0.141. The Bertz CT molecular complexity index is 291. The van der Waals surface area contributed by atoms with Gasteiger partial charge in [0.05, 0.1) is 5.92 Å². The second-order valence-corrected chi connectivity index (χ2v) is 4.66. The summed E-state index contributed by atoms with van der Waals surface area (Å²) in [6, 6.07) is 4.15. The van der Waals surface area contributed by atoms with Crippen molar-refractivity contribution in [3.63, 3.8) is 0 Å². The lowest BCUT2D eigenvalue weighted by Gasteiger charge is -2.03. The number of aliphatic carboxylic acids is 1. The van der Waals surface area contributed by atoms with Crippen LogP contribution in [-0.4, -0.2) is 11.1 Å². The van der Waals surface area contributed by atoms with E-state index in [1.165, 1.54) is 9.75 Å². The van der Waals surface area contributed by atoms with Crippen LogP contribution in [0.15, 0.2) is 12.1 Å². The van der Waals surface area contributed by atoms with Gasteiger partial charge in [0.25, 0.3) is 0 Å². The van der Waals surface area contributed by atoms with E-state index in [-0.39, 0.29) is 5.92 Å². The van der Waals surface area contributed by atoms with E-state index in [4.69, 9.17) is 5.11 Å². The summed E-state index contributed by atoms with van der Waals surface area (Å²) in [5.41, 5.74) is 0. The molecule has 0 aliphatic rings. The summed E-state index contributed by atoms with van der Waals surface area (Å²) >= 11 is 1.75. The number of carbonyl (C=O) groups is 1. The molecule has 0 aromatic carbocycles. The maximum atomic E-state index is 10.5. The van der Waals surface area contributed by atoms with Crippen molar-refractivity contribution in [3.05, 3.63) is 21.9 Å². The molecule has 13 heavy (non-hydrogen) atoms.